The molecule has 0 aliphatic heterocycles. The van der Waals surface area contributed by atoms with Crippen LogP contribution in [0.1, 0.15) is 5.82 Å². The lowest BCUT2D eigenvalue weighted by atomic mass is 10.3. The van der Waals surface area contributed by atoms with Gasteiger partial charge in [-0.3, -0.25) is 0 Å². The monoisotopic (exact) mass is 324 g/mol. The van der Waals surface area contributed by atoms with E-state index in [4.69, 9.17) is 16.3 Å². The summed E-state index contributed by atoms with van der Waals surface area (Å²) in [7, 11) is 1.52. The number of methoxy groups -OCH3 is 1. The van der Waals surface area contributed by atoms with Gasteiger partial charge in [-0.15, -0.1) is 11.6 Å². The predicted molar refractivity (Wildman–Crippen MR) is 74.4 cm³/mol. The highest BCUT2D eigenvalue weighted by Gasteiger charge is 2.27. The van der Waals surface area contributed by atoms with Crippen molar-refractivity contribution in [3.8, 4) is 5.75 Å². The second-order valence-corrected chi connectivity index (χ2v) is 5.36. The third-order valence-electron chi connectivity index (χ3n) is 2.74. The molecule has 1 aromatic carbocycles. The Morgan fingerprint density at radius 1 is 1.40 bits per heavy atom. The number of alkyl halides is 4. The molecule has 0 aliphatic carbocycles. The number of benzene rings is 1. The summed E-state index contributed by atoms with van der Waals surface area (Å²) in [6, 6.07) is 5.32. The maximum atomic E-state index is 12.2. The van der Waals surface area contributed by atoms with Gasteiger partial charge in [0.1, 0.15) is 17.1 Å². The van der Waals surface area contributed by atoms with Gasteiger partial charge in [-0.2, -0.15) is 13.2 Å². The summed E-state index contributed by atoms with van der Waals surface area (Å²) < 4.78 is 43.5. The second kappa shape index (κ2) is 6.13. The zero-order chi connectivity index (χ0) is 14.8. The van der Waals surface area contributed by atoms with Gasteiger partial charge in [0, 0.05) is 12.3 Å². The van der Waals surface area contributed by atoms with Crippen molar-refractivity contribution < 1.29 is 17.9 Å². The molecule has 0 atom stereocenters. The van der Waals surface area contributed by atoms with Gasteiger partial charge in [0.15, 0.2) is 0 Å². The van der Waals surface area contributed by atoms with Crippen LogP contribution in [0.15, 0.2) is 18.2 Å². The molecule has 8 heteroatoms. The van der Waals surface area contributed by atoms with Gasteiger partial charge >= 0.3 is 5.51 Å². The minimum Gasteiger partial charge on any atom is -0.494 e. The molecule has 0 saturated heterocycles. The average Bonchev–Trinajstić information content (AvgIpc) is 2.75. The number of aryl methyl sites for hydroxylation is 1. The van der Waals surface area contributed by atoms with E-state index in [0.29, 0.717) is 17.1 Å². The van der Waals surface area contributed by atoms with Crippen molar-refractivity contribution in [2.45, 2.75) is 17.9 Å². The van der Waals surface area contributed by atoms with E-state index in [2.05, 4.69) is 4.98 Å². The Morgan fingerprint density at radius 2 is 2.15 bits per heavy atom. The summed E-state index contributed by atoms with van der Waals surface area (Å²) in [5.74, 6) is 1.16. The van der Waals surface area contributed by atoms with Crippen molar-refractivity contribution in [2.24, 2.45) is 0 Å². The molecule has 0 fully saturated rings. The van der Waals surface area contributed by atoms with Crippen molar-refractivity contribution >= 4 is 34.4 Å². The molecule has 0 N–H and O–H groups in total. The Bertz CT molecular complexity index is 600. The van der Waals surface area contributed by atoms with E-state index in [-0.39, 0.29) is 29.9 Å². The van der Waals surface area contributed by atoms with E-state index >= 15 is 0 Å². The van der Waals surface area contributed by atoms with E-state index in [0.717, 1.165) is 5.52 Å². The first-order chi connectivity index (χ1) is 9.46. The van der Waals surface area contributed by atoms with Crippen molar-refractivity contribution in [1.82, 2.24) is 9.55 Å². The molecule has 0 aliphatic rings. The Hall–Kier alpha value is -1.08. The fourth-order valence-electron chi connectivity index (χ4n) is 1.94. The van der Waals surface area contributed by atoms with Crippen molar-refractivity contribution in [1.29, 1.82) is 0 Å². The lowest BCUT2D eigenvalue weighted by Crippen LogP contribution is -2.08. The summed E-state index contributed by atoms with van der Waals surface area (Å²) in [6.07, 6.45) is 0. The summed E-state index contributed by atoms with van der Waals surface area (Å²) in [6.45, 7) is 0.190. The van der Waals surface area contributed by atoms with Crippen LogP contribution in [0, 0.1) is 0 Å². The molecule has 0 amide bonds. The second-order valence-electron chi connectivity index (χ2n) is 3.94. The number of rotatable bonds is 5. The Kier molecular flexibility index (Phi) is 4.70. The summed E-state index contributed by atoms with van der Waals surface area (Å²) in [5.41, 5.74) is -2.89. The van der Waals surface area contributed by atoms with Gasteiger partial charge in [0.25, 0.3) is 0 Å². The van der Waals surface area contributed by atoms with Crippen LogP contribution in [0.25, 0.3) is 11.0 Å². The summed E-state index contributed by atoms with van der Waals surface area (Å²) >= 11 is 5.76. The Morgan fingerprint density at radius 3 is 2.75 bits per heavy atom. The van der Waals surface area contributed by atoms with E-state index < -0.39 is 5.51 Å². The highest BCUT2D eigenvalue weighted by molar-refractivity contribution is 8.00. The molecule has 1 aromatic heterocycles. The molecule has 3 nitrogen and oxygen atoms in total. The molecule has 1 heterocycles. The lowest BCUT2D eigenvalue weighted by molar-refractivity contribution is -0.0328. The number of thioether (sulfide) groups is 1. The van der Waals surface area contributed by atoms with Crippen LogP contribution in [-0.4, -0.2) is 27.9 Å². The van der Waals surface area contributed by atoms with Crippen LogP contribution in [-0.2, 0) is 12.4 Å². The highest BCUT2D eigenvalue weighted by Crippen LogP contribution is 2.31. The number of aromatic nitrogens is 2. The highest BCUT2D eigenvalue weighted by atomic mass is 35.5. The first kappa shape index (κ1) is 15.3. The zero-order valence-electron chi connectivity index (χ0n) is 10.6. The number of fused-ring (bicyclic) bond motifs is 1. The first-order valence-electron chi connectivity index (χ1n) is 5.75. The number of ether oxygens (including phenoxy) is 1. The van der Waals surface area contributed by atoms with Gasteiger partial charge in [-0.25, -0.2) is 4.98 Å². The molecule has 0 radical (unpaired) electrons. The molecule has 20 heavy (non-hydrogen) atoms. The third-order valence-corrected chi connectivity index (χ3v) is 3.69. The van der Waals surface area contributed by atoms with Crippen LogP contribution in [0.3, 0.4) is 0 Å². The molecule has 0 bridgehead atoms. The van der Waals surface area contributed by atoms with Gasteiger partial charge in [0.2, 0.25) is 0 Å². The number of nitrogens with zero attached hydrogens (tertiary/aromatic N) is 2. The molecule has 2 rings (SSSR count). The van der Waals surface area contributed by atoms with Gasteiger partial charge < -0.3 is 9.30 Å². The van der Waals surface area contributed by atoms with Crippen LogP contribution >= 0.6 is 23.4 Å². The van der Waals surface area contributed by atoms with E-state index in [1.54, 1.807) is 22.8 Å². The molecular formula is C12H12ClF3N2OS. The molecule has 110 valence electrons. The quantitative estimate of drug-likeness (QED) is 0.777. The number of para-hydroxylation sites is 1. The number of halogens is 4. The molecule has 0 spiro atoms. The van der Waals surface area contributed by atoms with Crippen LogP contribution in [0.4, 0.5) is 13.2 Å². The summed E-state index contributed by atoms with van der Waals surface area (Å²) in [4.78, 5) is 4.33. The van der Waals surface area contributed by atoms with Gasteiger partial charge in [-0.1, -0.05) is 6.07 Å². The standard InChI is InChI=1S/C12H12ClF3N2OS/c1-19-9-4-2-3-8-11(9)17-10(7-13)18(8)5-6-20-12(14,15)16/h2-4H,5-7H2,1H3. The first-order valence-corrected chi connectivity index (χ1v) is 7.27. The fourth-order valence-corrected chi connectivity index (χ4v) is 2.65. The van der Waals surface area contributed by atoms with E-state index in [9.17, 15) is 13.2 Å². The smallest absolute Gasteiger partial charge is 0.441 e. The van der Waals surface area contributed by atoms with Crippen molar-refractivity contribution in [3.05, 3.63) is 24.0 Å². The molecular weight excluding hydrogens is 313 g/mol. The molecule has 0 saturated carbocycles. The molecule has 0 unspecified atom stereocenters. The minimum atomic E-state index is -4.23. The van der Waals surface area contributed by atoms with Crippen molar-refractivity contribution in [2.75, 3.05) is 12.9 Å². The van der Waals surface area contributed by atoms with Crippen molar-refractivity contribution in [3.63, 3.8) is 0 Å². The third kappa shape index (κ3) is 3.32. The summed E-state index contributed by atoms with van der Waals surface area (Å²) in [5, 5.41) is 0. The maximum Gasteiger partial charge on any atom is 0.441 e. The SMILES string of the molecule is COc1cccc2c1nc(CCl)n2CCSC(F)(F)F. The fraction of sp³-hybridized carbons (Fsp3) is 0.417. The average molecular weight is 325 g/mol. The number of imidazole rings is 1. The van der Waals surface area contributed by atoms with E-state index in [1.807, 2.05) is 0 Å². The number of hydrogen-bond acceptors (Lipinski definition) is 3. The Balaban J connectivity index is 2.31. The van der Waals surface area contributed by atoms with Crippen LogP contribution < -0.4 is 4.74 Å². The largest absolute Gasteiger partial charge is 0.494 e. The molecule has 2 aromatic rings. The maximum absolute atomic E-state index is 12.2. The topological polar surface area (TPSA) is 27.1 Å². The predicted octanol–water partition coefficient (Wildman–Crippen LogP) is 4.04. The zero-order valence-corrected chi connectivity index (χ0v) is 12.1. The van der Waals surface area contributed by atoms with Gasteiger partial charge in [-0.05, 0) is 23.9 Å². The van der Waals surface area contributed by atoms with Gasteiger partial charge in [0.05, 0.1) is 18.5 Å². The minimum absolute atomic E-state index is 0.0534. The number of hydrogen-bond donors (Lipinski definition) is 0. The van der Waals surface area contributed by atoms with E-state index in [1.165, 1.54) is 7.11 Å². The van der Waals surface area contributed by atoms with Crippen LogP contribution in [0.5, 0.6) is 5.75 Å². The Labute approximate surface area is 123 Å². The lowest BCUT2D eigenvalue weighted by Gasteiger charge is -2.09. The normalized spacial score (nSPS) is 12.1. The van der Waals surface area contributed by atoms with Crippen LogP contribution in [0.2, 0.25) is 0 Å².